The maximum atomic E-state index is 12.2. The fraction of sp³-hybridized carbons (Fsp3) is 0.400. The minimum atomic E-state index is -0.681. The fourth-order valence-electron chi connectivity index (χ4n) is 3.06. The first kappa shape index (κ1) is 19.1. The molecule has 1 aromatic heterocycles. The molecule has 7 nitrogen and oxygen atoms in total. The molecule has 144 valence electrons. The first-order valence-electron chi connectivity index (χ1n) is 9.20. The molecule has 2 heterocycles. The van der Waals surface area contributed by atoms with Crippen molar-refractivity contribution in [2.45, 2.75) is 19.4 Å². The molecular weight excluding hydrogens is 346 g/mol. The van der Waals surface area contributed by atoms with E-state index in [9.17, 15) is 9.59 Å². The average Bonchev–Trinajstić information content (AvgIpc) is 3.24. The fourth-order valence-corrected chi connectivity index (χ4v) is 3.06. The summed E-state index contributed by atoms with van der Waals surface area (Å²) in [7, 11) is 0. The predicted octanol–water partition coefficient (Wildman–Crippen LogP) is 1.97. The van der Waals surface area contributed by atoms with Crippen LogP contribution in [0.1, 0.15) is 24.3 Å². The summed E-state index contributed by atoms with van der Waals surface area (Å²) in [5, 5.41) is 5.34. The minimum Gasteiger partial charge on any atom is -0.468 e. The van der Waals surface area contributed by atoms with Crippen LogP contribution in [-0.2, 0) is 20.7 Å². The first-order chi connectivity index (χ1) is 13.2. The number of benzene rings is 1. The molecule has 3 rings (SSSR count). The molecule has 1 saturated heterocycles. The summed E-state index contributed by atoms with van der Waals surface area (Å²) in [4.78, 5) is 26.6. The number of ether oxygens (including phenoxy) is 1. The van der Waals surface area contributed by atoms with Gasteiger partial charge in [-0.15, -0.1) is 0 Å². The van der Waals surface area contributed by atoms with Gasteiger partial charge in [-0.25, -0.2) is 0 Å². The number of hydrogen-bond donors (Lipinski definition) is 2. The van der Waals surface area contributed by atoms with Crippen LogP contribution in [0.2, 0.25) is 0 Å². The van der Waals surface area contributed by atoms with E-state index in [4.69, 9.17) is 9.15 Å². The second-order valence-corrected chi connectivity index (χ2v) is 6.39. The Kier molecular flexibility index (Phi) is 6.62. The van der Waals surface area contributed by atoms with Crippen molar-refractivity contribution in [3.05, 3.63) is 54.0 Å². The molecule has 1 aliphatic rings. The molecule has 0 radical (unpaired) electrons. The van der Waals surface area contributed by atoms with Crippen LogP contribution in [0.3, 0.4) is 0 Å². The van der Waals surface area contributed by atoms with Gasteiger partial charge in [0.1, 0.15) is 5.76 Å². The predicted molar refractivity (Wildman–Crippen MR) is 101 cm³/mol. The number of carbonyl (C=O) groups is 2. The number of furan rings is 1. The van der Waals surface area contributed by atoms with Gasteiger partial charge in [0, 0.05) is 25.3 Å². The zero-order chi connectivity index (χ0) is 19.1. The number of nitrogens with zero attached hydrogens (tertiary/aromatic N) is 1. The van der Waals surface area contributed by atoms with Gasteiger partial charge in [0.25, 0.3) is 0 Å². The maximum absolute atomic E-state index is 12.2. The normalized spacial score (nSPS) is 15.9. The Morgan fingerprint density at radius 2 is 1.85 bits per heavy atom. The number of hydrogen-bond acceptors (Lipinski definition) is 5. The summed E-state index contributed by atoms with van der Waals surface area (Å²) >= 11 is 0. The van der Waals surface area contributed by atoms with E-state index in [1.807, 2.05) is 24.3 Å². The highest BCUT2D eigenvalue weighted by atomic mass is 16.5. The van der Waals surface area contributed by atoms with Gasteiger partial charge in [0.2, 0.25) is 0 Å². The third-order valence-electron chi connectivity index (χ3n) is 4.64. The lowest BCUT2D eigenvalue weighted by Gasteiger charge is -2.33. The van der Waals surface area contributed by atoms with Crippen LogP contribution in [0, 0.1) is 0 Å². The van der Waals surface area contributed by atoms with Crippen molar-refractivity contribution in [2.24, 2.45) is 0 Å². The van der Waals surface area contributed by atoms with E-state index in [0.717, 1.165) is 25.3 Å². The number of anilines is 1. The molecule has 27 heavy (non-hydrogen) atoms. The second-order valence-electron chi connectivity index (χ2n) is 6.39. The van der Waals surface area contributed by atoms with Crippen LogP contribution in [0.15, 0.2) is 47.1 Å². The van der Waals surface area contributed by atoms with Crippen molar-refractivity contribution in [1.82, 2.24) is 10.2 Å². The summed E-state index contributed by atoms with van der Waals surface area (Å²) < 4.78 is 10.9. The third kappa shape index (κ3) is 5.18. The van der Waals surface area contributed by atoms with Gasteiger partial charge >= 0.3 is 11.8 Å². The highest BCUT2D eigenvalue weighted by Crippen LogP contribution is 2.21. The molecule has 1 aliphatic heterocycles. The molecule has 2 N–H and O–H groups in total. The van der Waals surface area contributed by atoms with Gasteiger partial charge in [0.15, 0.2) is 0 Å². The van der Waals surface area contributed by atoms with E-state index in [2.05, 4.69) is 22.5 Å². The highest BCUT2D eigenvalue weighted by Gasteiger charge is 2.26. The Labute approximate surface area is 158 Å². The summed E-state index contributed by atoms with van der Waals surface area (Å²) in [6.07, 6.45) is 2.53. The van der Waals surface area contributed by atoms with E-state index < -0.39 is 11.8 Å². The van der Waals surface area contributed by atoms with Crippen molar-refractivity contribution in [1.29, 1.82) is 0 Å². The quantitative estimate of drug-likeness (QED) is 0.759. The largest absolute Gasteiger partial charge is 0.468 e. The molecule has 1 unspecified atom stereocenters. The summed E-state index contributed by atoms with van der Waals surface area (Å²) in [6.45, 7) is 5.12. The second kappa shape index (κ2) is 9.34. The monoisotopic (exact) mass is 371 g/mol. The number of carbonyl (C=O) groups excluding carboxylic acids is 2. The van der Waals surface area contributed by atoms with Crippen molar-refractivity contribution in [3.63, 3.8) is 0 Å². The highest BCUT2D eigenvalue weighted by molar-refractivity contribution is 6.39. The summed E-state index contributed by atoms with van der Waals surface area (Å²) in [5.41, 5.74) is 1.77. The van der Waals surface area contributed by atoms with Crippen LogP contribution < -0.4 is 10.6 Å². The van der Waals surface area contributed by atoms with E-state index in [-0.39, 0.29) is 12.6 Å². The molecule has 0 bridgehead atoms. The Hall–Kier alpha value is -2.64. The van der Waals surface area contributed by atoms with Gasteiger partial charge in [-0.3, -0.25) is 14.5 Å². The molecule has 0 aliphatic carbocycles. The number of nitrogens with one attached hydrogen (secondary N) is 2. The standard InChI is InChI=1S/C20H25N3O4/c1-2-15-5-7-16(8-6-15)22-20(25)19(24)21-14-17(18-4-3-11-27-18)23-9-12-26-13-10-23/h3-8,11,17H,2,9-10,12-14H2,1H3,(H,21,24)(H,22,25). The van der Waals surface area contributed by atoms with Crippen LogP contribution in [0.4, 0.5) is 5.69 Å². The smallest absolute Gasteiger partial charge is 0.313 e. The van der Waals surface area contributed by atoms with Gasteiger partial charge in [-0.05, 0) is 36.2 Å². The van der Waals surface area contributed by atoms with Gasteiger partial charge in [0.05, 0.1) is 25.5 Å². The lowest BCUT2D eigenvalue weighted by Crippen LogP contribution is -2.45. The Morgan fingerprint density at radius 3 is 2.48 bits per heavy atom. The zero-order valence-corrected chi connectivity index (χ0v) is 15.4. The third-order valence-corrected chi connectivity index (χ3v) is 4.64. The number of aryl methyl sites for hydroxylation is 1. The minimum absolute atomic E-state index is 0.135. The number of morpholine rings is 1. The van der Waals surface area contributed by atoms with Gasteiger partial charge < -0.3 is 19.8 Å². The van der Waals surface area contributed by atoms with E-state index in [1.165, 1.54) is 5.56 Å². The molecule has 0 spiro atoms. The van der Waals surface area contributed by atoms with Gasteiger partial charge in [-0.2, -0.15) is 0 Å². The average molecular weight is 371 g/mol. The zero-order valence-electron chi connectivity index (χ0n) is 15.4. The van der Waals surface area contributed by atoms with Crippen LogP contribution in [-0.4, -0.2) is 49.6 Å². The molecule has 1 aromatic carbocycles. The lowest BCUT2D eigenvalue weighted by atomic mass is 10.1. The molecule has 2 aromatic rings. The van der Waals surface area contributed by atoms with Crippen molar-refractivity contribution in [3.8, 4) is 0 Å². The number of rotatable bonds is 6. The molecule has 0 saturated carbocycles. The Bertz CT molecular complexity index is 737. The topological polar surface area (TPSA) is 83.8 Å². The Morgan fingerprint density at radius 1 is 1.11 bits per heavy atom. The van der Waals surface area contributed by atoms with Crippen LogP contribution >= 0.6 is 0 Å². The summed E-state index contributed by atoms with van der Waals surface area (Å²) in [5.74, 6) is -0.591. The number of amides is 2. The van der Waals surface area contributed by atoms with E-state index in [1.54, 1.807) is 18.4 Å². The van der Waals surface area contributed by atoms with Crippen molar-refractivity contribution in [2.75, 3.05) is 38.2 Å². The van der Waals surface area contributed by atoms with Crippen molar-refractivity contribution < 1.29 is 18.7 Å². The molecule has 1 atom stereocenters. The Balaban J connectivity index is 1.57. The van der Waals surface area contributed by atoms with Gasteiger partial charge in [-0.1, -0.05) is 19.1 Å². The van der Waals surface area contributed by atoms with Crippen LogP contribution in [0.5, 0.6) is 0 Å². The lowest BCUT2D eigenvalue weighted by molar-refractivity contribution is -0.136. The van der Waals surface area contributed by atoms with E-state index in [0.29, 0.717) is 18.9 Å². The first-order valence-corrected chi connectivity index (χ1v) is 9.20. The molecule has 7 heteroatoms. The summed E-state index contributed by atoms with van der Waals surface area (Å²) in [6, 6.07) is 11.0. The maximum Gasteiger partial charge on any atom is 0.313 e. The van der Waals surface area contributed by atoms with Crippen molar-refractivity contribution >= 4 is 17.5 Å². The molecule has 2 amide bonds. The SMILES string of the molecule is CCc1ccc(NC(=O)C(=O)NCC(c2ccco2)N2CCOCC2)cc1. The molecular formula is C20H25N3O4. The van der Waals surface area contributed by atoms with E-state index >= 15 is 0 Å². The molecule has 1 fully saturated rings. The van der Waals surface area contributed by atoms with Crippen LogP contribution in [0.25, 0.3) is 0 Å².